The smallest absolute Gasteiger partial charge is 0.335 e. The molecular formula is C32H28Cl2FN3O4. The molecule has 42 heavy (non-hydrogen) atoms. The van der Waals surface area contributed by atoms with E-state index in [1.807, 2.05) is 6.07 Å². The van der Waals surface area contributed by atoms with Gasteiger partial charge < -0.3 is 15.3 Å². The second kappa shape index (κ2) is 10.1. The van der Waals surface area contributed by atoms with Crippen molar-refractivity contribution in [3.63, 3.8) is 0 Å². The molecule has 1 saturated carbocycles. The van der Waals surface area contributed by atoms with E-state index in [1.165, 1.54) is 18.2 Å². The van der Waals surface area contributed by atoms with E-state index in [0.29, 0.717) is 47.4 Å². The van der Waals surface area contributed by atoms with Crippen LogP contribution in [-0.2, 0) is 15.1 Å². The van der Waals surface area contributed by atoms with Crippen LogP contribution in [-0.4, -0.2) is 46.9 Å². The van der Waals surface area contributed by atoms with Crippen molar-refractivity contribution in [3.05, 3.63) is 93.2 Å². The first-order valence-corrected chi connectivity index (χ1v) is 14.9. The number of anilines is 2. The number of hydrogen-bond donors (Lipinski definition) is 2. The number of carboxylic acid groups (broad SMARTS) is 1. The van der Waals surface area contributed by atoms with Crippen LogP contribution in [0.1, 0.15) is 53.1 Å². The number of hydrogen-bond acceptors (Lipinski definition) is 4. The van der Waals surface area contributed by atoms with Crippen molar-refractivity contribution in [2.24, 2.45) is 11.8 Å². The summed E-state index contributed by atoms with van der Waals surface area (Å²) in [5.74, 6) is -3.51. The molecule has 0 radical (unpaired) electrons. The minimum Gasteiger partial charge on any atom is -0.478 e. The Bertz CT molecular complexity index is 1630. The highest BCUT2D eigenvalue weighted by Gasteiger charge is 2.69. The number of likely N-dealkylation sites (tertiary alicyclic amines) is 1. The predicted molar refractivity (Wildman–Crippen MR) is 158 cm³/mol. The number of aromatic carboxylic acids is 1. The Morgan fingerprint density at radius 1 is 1.05 bits per heavy atom. The zero-order valence-corrected chi connectivity index (χ0v) is 24.0. The summed E-state index contributed by atoms with van der Waals surface area (Å²) in [5.41, 5.74) is 0.788. The van der Waals surface area contributed by atoms with Crippen molar-refractivity contribution in [1.29, 1.82) is 0 Å². The lowest BCUT2D eigenvalue weighted by Gasteiger charge is -2.43. The second-order valence-electron chi connectivity index (χ2n) is 11.7. The van der Waals surface area contributed by atoms with E-state index in [1.54, 1.807) is 41.3 Å². The molecule has 3 aromatic carbocycles. The maximum absolute atomic E-state index is 16.1. The lowest BCUT2D eigenvalue weighted by Crippen LogP contribution is -2.55. The van der Waals surface area contributed by atoms with Gasteiger partial charge in [-0.3, -0.25) is 14.5 Å². The molecule has 2 saturated heterocycles. The molecule has 3 aliphatic heterocycles. The largest absolute Gasteiger partial charge is 0.478 e. The van der Waals surface area contributed by atoms with E-state index < -0.39 is 29.2 Å². The third-order valence-corrected chi connectivity index (χ3v) is 10.2. The van der Waals surface area contributed by atoms with Crippen molar-refractivity contribution in [2.75, 3.05) is 23.3 Å². The van der Waals surface area contributed by atoms with Crippen molar-refractivity contribution in [3.8, 4) is 0 Å². The number of carbonyl (C=O) groups is 3. The summed E-state index contributed by atoms with van der Waals surface area (Å²) in [4.78, 5) is 44.3. The van der Waals surface area contributed by atoms with Gasteiger partial charge in [0.15, 0.2) is 0 Å². The Labute approximate surface area is 252 Å². The van der Waals surface area contributed by atoms with Crippen LogP contribution in [0.5, 0.6) is 0 Å². The maximum atomic E-state index is 16.1. The number of carbonyl (C=O) groups excluding carboxylic acids is 2. The number of fused-ring (bicyclic) bond motifs is 3. The van der Waals surface area contributed by atoms with Crippen LogP contribution >= 0.6 is 23.2 Å². The molecule has 2 amide bonds. The number of benzene rings is 3. The first-order chi connectivity index (χ1) is 20.2. The summed E-state index contributed by atoms with van der Waals surface area (Å²) in [6.07, 6.45) is 3.74. The Morgan fingerprint density at radius 3 is 2.50 bits per heavy atom. The normalized spacial score (nSPS) is 27.1. The van der Waals surface area contributed by atoms with Crippen LogP contribution in [0.25, 0.3) is 0 Å². The highest BCUT2D eigenvalue weighted by molar-refractivity contribution is 6.31. The molecule has 2 N–H and O–H groups in total. The Kier molecular flexibility index (Phi) is 6.57. The Morgan fingerprint density at radius 2 is 1.81 bits per heavy atom. The fourth-order valence-corrected chi connectivity index (χ4v) is 8.00. The molecular weight excluding hydrogens is 580 g/mol. The molecule has 0 aromatic heterocycles. The van der Waals surface area contributed by atoms with Crippen LogP contribution in [0, 0.1) is 17.7 Å². The van der Waals surface area contributed by atoms with Gasteiger partial charge in [0.25, 0.3) is 0 Å². The van der Waals surface area contributed by atoms with E-state index in [2.05, 4.69) is 10.2 Å². The lowest BCUT2D eigenvalue weighted by molar-refractivity contribution is -0.128. The molecule has 7 rings (SSSR count). The summed E-state index contributed by atoms with van der Waals surface area (Å²) >= 11 is 12.7. The summed E-state index contributed by atoms with van der Waals surface area (Å²) in [6, 6.07) is 15.9. The monoisotopic (exact) mass is 607 g/mol. The summed E-state index contributed by atoms with van der Waals surface area (Å²) in [6.45, 7) is 0.986. The van der Waals surface area contributed by atoms with Crippen LogP contribution in [0.2, 0.25) is 10.0 Å². The fourth-order valence-electron chi connectivity index (χ4n) is 7.65. The molecule has 0 unspecified atom stereocenters. The van der Waals surface area contributed by atoms with Gasteiger partial charge in [-0.2, -0.15) is 0 Å². The van der Waals surface area contributed by atoms with Crippen molar-refractivity contribution < 1.29 is 23.9 Å². The average Bonchev–Trinajstić information content (AvgIpc) is 3.39. The fraction of sp³-hybridized carbons (Fsp3) is 0.344. The van der Waals surface area contributed by atoms with Gasteiger partial charge in [-0.05, 0) is 73.2 Å². The van der Waals surface area contributed by atoms with Gasteiger partial charge in [0, 0.05) is 47.0 Å². The van der Waals surface area contributed by atoms with E-state index in [9.17, 15) is 19.5 Å². The number of amides is 2. The summed E-state index contributed by atoms with van der Waals surface area (Å²) < 4.78 is 16.1. The Hall–Kier alpha value is -3.46. The van der Waals surface area contributed by atoms with Crippen LogP contribution < -0.4 is 10.2 Å². The van der Waals surface area contributed by atoms with Gasteiger partial charge >= 0.3 is 5.97 Å². The molecule has 4 aliphatic rings. The van der Waals surface area contributed by atoms with Gasteiger partial charge in [-0.15, -0.1) is 0 Å². The number of nitrogens with zero attached hydrogens (tertiary/aromatic N) is 2. The molecule has 1 spiro atoms. The molecule has 4 atom stereocenters. The number of halogens is 3. The summed E-state index contributed by atoms with van der Waals surface area (Å²) in [7, 11) is 0. The van der Waals surface area contributed by atoms with Gasteiger partial charge in [-0.1, -0.05) is 47.8 Å². The quantitative estimate of drug-likeness (QED) is 0.355. The SMILES string of the molecule is O=C(O)c1ccc(N2CC[C@H]3[C@@H](C2=O)[C@H](c2cccc(Cl)c2F)[C@]2(C(=O)Nc4cc(Cl)ccc42)N3CC2CCC2)cc1. The van der Waals surface area contributed by atoms with Crippen LogP contribution in [0.15, 0.2) is 60.7 Å². The van der Waals surface area contributed by atoms with Crippen LogP contribution in [0.3, 0.4) is 0 Å². The molecule has 0 bridgehead atoms. The van der Waals surface area contributed by atoms with E-state index in [-0.39, 0.29) is 34.0 Å². The van der Waals surface area contributed by atoms with Gasteiger partial charge in [0.1, 0.15) is 11.4 Å². The molecule has 3 aromatic rings. The first-order valence-electron chi connectivity index (χ1n) is 14.2. The lowest BCUT2D eigenvalue weighted by atomic mass is 9.69. The van der Waals surface area contributed by atoms with E-state index in [0.717, 1.165) is 19.3 Å². The van der Waals surface area contributed by atoms with Gasteiger partial charge in [0.2, 0.25) is 11.8 Å². The molecule has 10 heteroatoms. The predicted octanol–water partition coefficient (Wildman–Crippen LogP) is 6.30. The number of carboxylic acids is 1. The molecule has 3 fully saturated rings. The van der Waals surface area contributed by atoms with Crippen molar-refractivity contribution in [1.82, 2.24) is 4.90 Å². The number of rotatable bonds is 5. The standard InChI is InChI=1S/C32H28Cl2FN3O4/c33-19-9-12-22-24(15-19)36-31(42)32(22)27(21-5-2-6-23(34)28(21)35)26-25(38(32)16-17-3-1-4-17)13-14-37(29(26)39)20-10-7-18(8-11-20)30(40)41/h2,5-12,15,17,25-27H,1,3-4,13-14,16H2,(H,36,42)(H,40,41)/t25-,26+,27-,32+/m0/s1. The first kappa shape index (κ1) is 27.4. The number of nitrogens with one attached hydrogen (secondary N) is 1. The molecule has 1 aliphatic carbocycles. The van der Waals surface area contributed by atoms with Crippen LogP contribution in [0.4, 0.5) is 15.8 Å². The third kappa shape index (κ3) is 3.92. The highest BCUT2D eigenvalue weighted by atomic mass is 35.5. The zero-order chi connectivity index (χ0) is 29.3. The topological polar surface area (TPSA) is 90.0 Å². The highest BCUT2D eigenvalue weighted by Crippen LogP contribution is 2.62. The van der Waals surface area contributed by atoms with E-state index >= 15 is 4.39 Å². The zero-order valence-electron chi connectivity index (χ0n) is 22.5. The third-order valence-electron chi connectivity index (χ3n) is 9.69. The average molecular weight is 608 g/mol. The van der Waals surface area contributed by atoms with Gasteiger partial charge in [0.05, 0.1) is 16.5 Å². The van der Waals surface area contributed by atoms with Crippen molar-refractivity contribution in [2.45, 2.75) is 43.2 Å². The maximum Gasteiger partial charge on any atom is 0.335 e. The molecule has 216 valence electrons. The van der Waals surface area contributed by atoms with E-state index in [4.69, 9.17) is 23.2 Å². The van der Waals surface area contributed by atoms with Crippen molar-refractivity contribution >= 4 is 52.4 Å². The number of piperidine rings is 1. The molecule has 3 heterocycles. The minimum absolute atomic E-state index is 0.0734. The summed E-state index contributed by atoms with van der Waals surface area (Å²) in [5, 5.41) is 12.8. The Balaban J connectivity index is 1.43. The van der Waals surface area contributed by atoms with Gasteiger partial charge in [-0.25, -0.2) is 9.18 Å². The molecule has 7 nitrogen and oxygen atoms in total. The minimum atomic E-state index is -1.35. The second-order valence-corrected chi connectivity index (χ2v) is 12.5.